The van der Waals surface area contributed by atoms with Gasteiger partial charge in [0.15, 0.2) is 0 Å². The molecule has 1 amide bonds. The number of ether oxygens (including phenoxy) is 1. The Hall–Kier alpha value is -3.05. The predicted octanol–water partition coefficient (Wildman–Crippen LogP) is 5.36. The Kier molecular flexibility index (Phi) is 6.95. The highest BCUT2D eigenvalue weighted by atomic mass is 19.1. The second-order valence-electron chi connectivity index (χ2n) is 7.40. The van der Waals surface area contributed by atoms with E-state index in [9.17, 15) is 4.79 Å². The summed E-state index contributed by atoms with van der Waals surface area (Å²) < 4.78 is 20.5. The summed E-state index contributed by atoms with van der Waals surface area (Å²) in [4.78, 5) is 19.2. The maximum Gasteiger partial charge on any atom is 0.254 e. The normalized spacial score (nSPS) is 17.4. The minimum Gasteiger partial charge on any atom is -0.377 e. The summed E-state index contributed by atoms with van der Waals surface area (Å²) in [5.74, 6) is -0.427. The largest absolute Gasteiger partial charge is 0.377 e. The van der Waals surface area contributed by atoms with Gasteiger partial charge >= 0.3 is 0 Å². The number of allylic oxidation sites excluding steroid dienone is 3. The van der Waals surface area contributed by atoms with Crippen LogP contribution in [0.5, 0.6) is 0 Å². The lowest BCUT2D eigenvalue weighted by atomic mass is 9.95. The molecule has 4 nitrogen and oxygen atoms in total. The van der Waals surface area contributed by atoms with Gasteiger partial charge in [-0.1, -0.05) is 43.0 Å². The zero-order chi connectivity index (χ0) is 21.7. The zero-order valence-electron chi connectivity index (χ0n) is 17.7. The van der Waals surface area contributed by atoms with Gasteiger partial charge in [-0.25, -0.2) is 4.39 Å². The summed E-state index contributed by atoms with van der Waals surface area (Å²) in [6.45, 7) is 10.9. The fourth-order valence-electron chi connectivity index (χ4n) is 3.50. The Balaban J connectivity index is 1.96. The van der Waals surface area contributed by atoms with Crippen molar-refractivity contribution in [2.75, 3.05) is 19.8 Å². The number of nitrogens with zero attached hydrogens (tertiary/aromatic N) is 2. The van der Waals surface area contributed by atoms with Gasteiger partial charge in [-0.15, -0.1) is 0 Å². The summed E-state index contributed by atoms with van der Waals surface area (Å²) in [7, 11) is 0. The highest BCUT2D eigenvalue weighted by Gasteiger charge is 2.26. The number of halogens is 1. The molecule has 1 aliphatic heterocycles. The summed E-state index contributed by atoms with van der Waals surface area (Å²) in [6.07, 6.45) is 3.42. The number of rotatable bonds is 5. The lowest BCUT2D eigenvalue weighted by Gasteiger charge is -2.33. The van der Waals surface area contributed by atoms with Gasteiger partial charge < -0.3 is 9.64 Å². The molecule has 0 bridgehead atoms. The molecule has 5 heteroatoms. The van der Waals surface area contributed by atoms with Crippen LogP contribution in [0.2, 0.25) is 0 Å². The second kappa shape index (κ2) is 9.63. The molecule has 1 saturated heterocycles. The van der Waals surface area contributed by atoms with Gasteiger partial charge in [-0.05, 0) is 49.6 Å². The number of hydrogen-bond donors (Lipinski definition) is 0. The van der Waals surface area contributed by atoms with Crippen molar-refractivity contribution in [3.8, 4) is 11.1 Å². The molecule has 0 aromatic heterocycles. The van der Waals surface area contributed by atoms with Crippen molar-refractivity contribution in [2.45, 2.75) is 26.8 Å². The predicted molar refractivity (Wildman–Crippen MR) is 120 cm³/mol. The van der Waals surface area contributed by atoms with Crippen molar-refractivity contribution in [3.63, 3.8) is 0 Å². The van der Waals surface area contributed by atoms with Crippen molar-refractivity contribution in [1.82, 2.24) is 4.90 Å². The third-order valence-corrected chi connectivity index (χ3v) is 5.11. The first-order valence-corrected chi connectivity index (χ1v) is 10.1. The molecule has 0 aliphatic carbocycles. The summed E-state index contributed by atoms with van der Waals surface area (Å²) in [5.41, 5.74) is 3.72. The Morgan fingerprint density at radius 1 is 1.27 bits per heavy atom. The van der Waals surface area contributed by atoms with E-state index in [1.165, 1.54) is 6.07 Å². The lowest BCUT2D eigenvalue weighted by Crippen LogP contribution is -2.47. The van der Waals surface area contributed by atoms with Crippen LogP contribution in [0.25, 0.3) is 16.7 Å². The van der Waals surface area contributed by atoms with Gasteiger partial charge in [0, 0.05) is 29.6 Å². The first-order valence-electron chi connectivity index (χ1n) is 10.1. The highest BCUT2D eigenvalue weighted by Crippen LogP contribution is 2.29. The quantitative estimate of drug-likeness (QED) is 0.627. The first kappa shape index (κ1) is 21.7. The number of carbonyl (C=O) groups excluding carboxylic acids is 1. The van der Waals surface area contributed by atoms with Crippen LogP contribution >= 0.6 is 0 Å². The van der Waals surface area contributed by atoms with Gasteiger partial charge in [0.2, 0.25) is 0 Å². The van der Waals surface area contributed by atoms with Gasteiger partial charge in [-0.2, -0.15) is 0 Å². The highest BCUT2D eigenvalue weighted by molar-refractivity contribution is 6.10. The van der Waals surface area contributed by atoms with E-state index in [-0.39, 0.29) is 17.8 Å². The SMILES string of the molecule is C=C(C)N=C/C(=C\C)c1ccc(-c2ccccc2C(=O)N2CCOC[C@@H]2C)cc1F. The summed E-state index contributed by atoms with van der Waals surface area (Å²) in [6, 6.07) is 12.4. The van der Waals surface area contributed by atoms with E-state index in [4.69, 9.17) is 4.74 Å². The van der Waals surface area contributed by atoms with Gasteiger partial charge in [-0.3, -0.25) is 9.79 Å². The first-order chi connectivity index (χ1) is 14.4. The summed E-state index contributed by atoms with van der Waals surface area (Å²) >= 11 is 0. The van der Waals surface area contributed by atoms with Crippen LogP contribution in [0.1, 0.15) is 36.7 Å². The summed E-state index contributed by atoms with van der Waals surface area (Å²) in [5, 5.41) is 0. The molecule has 1 heterocycles. The fourth-order valence-corrected chi connectivity index (χ4v) is 3.50. The molecule has 2 aromatic rings. The van der Waals surface area contributed by atoms with E-state index < -0.39 is 0 Å². The molecule has 156 valence electrons. The third-order valence-electron chi connectivity index (χ3n) is 5.11. The average Bonchev–Trinajstić information content (AvgIpc) is 2.74. The molecular formula is C25H27FN2O2. The molecule has 3 rings (SSSR count). The number of amides is 1. The molecule has 0 saturated carbocycles. The lowest BCUT2D eigenvalue weighted by molar-refractivity contribution is 0.00364. The van der Waals surface area contributed by atoms with E-state index in [0.717, 1.165) is 0 Å². The van der Waals surface area contributed by atoms with Crippen LogP contribution in [-0.4, -0.2) is 42.8 Å². The molecule has 0 spiro atoms. The molecule has 2 aromatic carbocycles. The molecular weight excluding hydrogens is 379 g/mol. The minimum absolute atomic E-state index is 0.00303. The van der Waals surface area contributed by atoms with Crippen LogP contribution in [0, 0.1) is 5.82 Å². The molecule has 1 fully saturated rings. The monoisotopic (exact) mass is 406 g/mol. The van der Waals surface area contributed by atoms with Crippen molar-refractivity contribution in [3.05, 3.63) is 77.8 Å². The Morgan fingerprint density at radius 2 is 2.03 bits per heavy atom. The molecule has 30 heavy (non-hydrogen) atoms. The minimum atomic E-state index is -0.365. The maximum absolute atomic E-state index is 15.0. The topological polar surface area (TPSA) is 41.9 Å². The molecule has 1 aliphatic rings. The standard InChI is InChI=1S/C25H27FN2O2/c1-5-19(15-27-17(2)3)22-11-10-20(14-24(22)26)21-8-6-7-9-23(21)25(29)28-12-13-30-16-18(28)4/h5-11,14-15,18H,2,12-13,16H2,1,3-4H3/b19-5+,27-15?/t18-/m0/s1. The van der Waals surface area contributed by atoms with E-state index >= 15 is 4.39 Å². The van der Waals surface area contributed by atoms with E-state index in [2.05, 4.69) is 11.6 Å². The van der Waals surface area contributed by atoms with E-state index in [0.29, 0.717) is 53.3 Å². The van der Waals surface area contributed by atoms with Crippen LogP contribution in [0.15, 0.2) is 65.8 Å². The molecule has 1 atom stereocenters. The number of carbonyl (C=O) groups is 1. The number of morpholine rings is 1. The van der Waals surface area contributed by atoms with E-state index in [1.807, 2.05) is 49.1 Å². The zero-order valence-corrected chi connectivity index (χ0v) is 17.7. The number of benzene rings is 2. The second-order valence-corrected chi connectivity index (χ2v) is 7.40. The van der Waals surface area contributed by atoms with Crippen LogP contribution < -0.4 is 0 Å². The van der Waals surface area contributed by atoms with Crippen molar-refractivity contribution in [1.29, 1.82) is 0 Å². The van der Waals surface area contributed by atoms with E-state index in [1.54, 1.807) is 25.3 Å². The molecule has 0 N–H and O–H groups in total. The van der Waals surface area contributed by atoms with Crippen molar-refractivity contribution in [2.24, 2.45) is 4.99 Å². The van der Waals surface area contributed by atoms with Crippen LogP contribution in [0.4, 0.5) is 4.39 Å². The van der Waals surface area contributed by atoms with Crippen molar-refractivity contribution >= 4 is 17.7 Å². The number of hydrogen-bond acceptors (Lipinski definition) is 3. The number of aliphatic imine (C=N–C) groups is 1. The molecule has 0 radical (unpaired) electrons. The van der Waals surface area contributed by atoms with Gasteiger partial charge in [0.05, 0.1) is 19.3 Å². The van der Waals surface area contributed by atoms with Crippen LogP contribution in [-0.2, 0) is 4.74 Å². The fraction of sp³-hybridized carbons (Fsp3) is 0.280. The smallest absolute Gasteiger partial charge is 0.254 e. The molecule has 0 unspecified atom stereocenters. The maximum atomic E-state index is 15.0. The van der Waals surface area contributed by atoms with Gasteiger partial charge in [0.1, 0.15) is 5.82 Å². The van der Waals surface area contributed by atoms with Crippen LogP contribution in [0.3, 0.4) is 0 Å². The van der Waals surface area contributed by atoms with Crippen molar-refractivity contribution < 1.29 is 13.9 Å². The third kappa shape index (κ3) is 4.74. The Morgan fingerprint density at radius 3 is 2.70 bits per heavy atom. The Bertz CT molecular complexity index is 1010. The average molecular weight is 407 g/mol. The Labute approximate surface area is 177 Å². The van der Waals surface area contributed by atoms with Gasteiger partial charge in [0.25, 0.3) is 5.91 Å².